The zero-order valence-corrected chi connectivity index (χ0v) is 12.8. The summed E-state index contributed by atoms with van der Waals surface area (Å²) in [5.74, 6) is -0.000899. The summed E-state index contributed by atoms with van der Waals surface area (Å²) in [5.41, 5.74) is 2.47. The number of morpholine rings is 1. The van der Waals surface area contributed by atoms with Crippen LogP contribution in [0.3, 0.4) is 0 Å². The van der Waals surface area contributed by atoms with Gasteiger partial charge < -0.3 is 14.3 Å². The molecule has 8 heteroatoms. The Kier molecular flexibility index (Phi) is 7.68. The Morgan fingerprint density at radius 3 is 2.67 bits per heavy atom. The largest absolute Gasteiger partial charge is 0.464 e. The van der Waals surface area contributed by atoms with Gasteiger partial charge in [0.2, 0.25) is 6.04 Å². The van der Waals surface area contributed by atoms with E-state index in [0.29, 0.717) is 38.7 Å². The first kappa shape index (κ1) is 17.4. The van der Waals surface area contributed by atoms with Gasteiger partial charge in [-0.25, -0.2) is 4.79 Å². The lowest BCUT2D eigenvalue weighted by Crippen LogP contribution is -2.45. The fourth-order valence-electron chi connectivity index (χ4n) is 1.76. The standard InChI is InChI=1S/C13H23N4O4/c1-4-20-13(18)11(9-14)15-21-12(10-16(2)3)17-5-7-19-8-6-17/h11,15H,4-8,10H2,1-3H3/q+1. The lowest BCUT2D eigenvalue weighted by molar-refractivity contribution is -0.558. The molecule has 0 amide bonds. The number of ether oxygens (including phenoxy) is 2. The number of esters is 1. The molecule has 0 spiro atoms. The highest BCUT2D eigenvalue weighted by Gasteiger charge is 2.25. The second-order valence-electron chi connectivity index (χ2n) is 4.77. The number of nitrogens with one attached hydrogen (secondary N) is 1. The maximum Gasteiger partial charge on any atom is 0.370 e. The number of hydrogen-bond acceptors (Lipinski definition) is 7. The third-order valence-corrected chi connectivity index (χ3v) is 2.76. The van der Waals surface area contributed by atoms with Crippen molar-refractivity contribution in [1.82, 2.24) is 10.4 Å². The van der Waals surface area contributed by atoms with Crippen molar-refractivity contribution in [3.05, 3.63) is 0 Å². The molecule has 0 aliphatic carbocycles. The Morgan fingerprint density at radius 2 is 2.14 bits per heavy atom. The van der Waals surface area contributed by atoms with Crippen LogP contribution in [0.25, 0.3) is 0 Å². The Labute approximate surface area is 124 Å². The second-order valence-corrected chi connectivity index (χ2v) is 4.77. The van der Waals surface area contributed by atoms with E-state index in [1.165, 1.54) is 0 Å². The molecule has 1 unspecified atom stereocenters. The quantitative estimate of drug-likeness (QED) is 0.290. The number of carbonyl (C=O) groups excluding carboxylic acids is 1. The van der Waals surface area contributed by atoms with Gasteiger partial charge in [0, 0.05) is 0 Å². The molecule has 1 N–H and O–H groups in total. The summed E-state index contributed by atoms with van der Waals surface area (Å²) in [4.78, 5) is 19.0. The highest BCUT2D eigenvalue weighted by Crippen LogP contribution is 1.95. The minimum Gasteiger partial charge on any atom is -0.464 e. The van der Waals surface area contributed by atoms with E-state index in [4.69, 9.17) is 19.6 Å². The van der Waals surface area contributed by atoms with Crippen molar-refractivity contribution in [2.45, 2.75) is 13.0 Å². The minimum atomic E-state index is -1.15. The summed E-state index contributed by atoms with van der Waals surface area (Å²) >= 11 is 0. The number of nitrogens with zero attached hydrogens (tertiary/aromatic N) is 3. The van der Waals surface area contributed by atoms with Crippen molar-refractivity contribution in [1.29, 1.82) is 5.26 Å². The lowest BCUT2D eigenvalue weighted by Gasteiger charge is -2.18. The van der Waals surface area contributed by atoms with Gasteiger partial charge in [-0.05, 0) is 21.0 Å². The number of carbonyl (C=O) groups is 1. The van der Waals surface area contributed by atoms with Crippen molar-refractivity contribution >= 4 is 11.9 Å². The van der Waals surface area contributed by atoms with E-state index in [0.717, 1.165) is 0 Å². The monoisotopic (exact) mass is 299 g/mol. The van der Waals surface area contributed by atoms with E-state index in [2.05, 4.69) is 5.48 Å². The van der Waals surface area contributed by atoms with E-state index in [1.807, 2.05) is 29.6 Å². The highest BCUT2D eigenvalue weighted by atomic mass is 16.7. The predicted molar refractivity (Wildman–Crippen MR) is 74.6 cm³/mol. The molecule has 0 aromatic carbocycles. The Balaban J connectivity index is 2.68. The molecule has 8 nitrogen and oxygen atoms in total. The SMILES string of the molecule is CCOC(=O)C(C#N)NOC(CN(C)C)=[N+]1CCOCC1. The Bertz CT molecular complexity index is 409. The molecule has 0 saturated carbocycles. The topological polar surface area (TPSA) is 86.8 Å². The highest BCUT2D eigenvalue weighted by molar-refractivity contribution is 5.79. The van der Waals surface area contributed by atoms with Crippen LogP contribution in [0.4, 0.5) is 0 Å². The lowest BCUT2D eigenvalue weighted by atomic mass is 10.3. The van der Waals surface area contributed by atoms with Gasteiger partial charge in [-0.15, -0.1) is 5.48 Å². The predicted octanol–water partition coefficient (Wildman–Crippen LogP) is -1.03. The summed E-state index contributed by atoms with van der Waals surface area (Å²) in [6.07, 6.45) is 0. The zero-order valence-electron chi connectivity index (χ0n) is 12.8. The fourth-order valence-corrected chi connectivity index (χ4v) is 1.76. The molecule has 1 rings (SSSR count). The molecule has 1 saturated heterocycles. The number of hydroxylamine groups is 1. The summed E-state index contributed by atoms with van der Waals surface area (Å²) < 4.78 is 12.1. The first-order chi connectivity index (χ1) is 10.1. The molecular weight excluding hydrogens is 276 g/mol. The normalized spacial score (nSPS) is 16.2. The molecular formula is C13H23N4O4+. The van der Waals surface area contributed by atoms with Gasteiger partial charge in [-0.1, -0.05) is 0 Å². The smallest absolute Gasteiger partial charge is 0.370 e. The van der Waals surface area contributed by atoms with Crippen LogP contribution in [-0.4, -0.2) is 80.9 Å². The van der Waals surface area contributed by atoms with E-state index < -0.39 is 12.0 Å². The number of hydrogen-bond donors (Lipinski definition) is 1. The number of nitriles is 1. The molecule has 0 aromatic heterocycles. The van der Waals surface area contributed by atoms with E-state index in [9.17, 15) is 4.79 Å². The van der Waals surface area contributed by atoms with Gasteiger partial charge in [-0.2, -0.15) is 9.84 Å². The molecule has 1 atom stereocenters. The number of likely N-dealkylation sites (N-methyl/N-ethyl adjacent to an activating group) is 1. The Morgan fingerprint density at radius 1 is 1.48 bits per heavy atom. The van der Waals surface area contributed by atoms with Gasteiger partial charge in [-0.3, -0.25) is 4.90 Å². The maximum atomic E-state index is 11.5. The van der Waals surface area contributed by atoms with Crippen LogP contribution in [-0.2, 0) is 19.1 Å². The summed E-state index contributed by atoms with van der Waals surface area (Å²) in [5, 5.41) is 8.98. The van der Waals surface area contributed by atoms with Crippen LogP contribution >= 0.6 is 0 Å². The van der Waals surface area contributed by atoms with Gasteiger partial charge in [0.05, 0.1) is 12.7 Å². The Hall–Kier alpha value is -1.69. The summed E-state index contributed by atoms with van der Waals surface area (Å²) in [7, 11) is 3.83. The molecule has 1 aliphatic heterocycles. The average Bonchev–Trinajstić information content (AvgIpc) is 2.47. The van der Waals surface area contributed by atoms with Crippen molar-refractivity contribution in [2.24, 2.45) is 0 Å². The molecule has 0 bridgehead atoms. The van der Waals surface area contributed by atoms with Crippen LogP contribution in [0, 0.1) is 11.3 Å². The fraction of sp³-hybridized carbons (Fsp3) is 0.769. The van der Waals surface area contributed by atoms with Crippen molar-refractivity contribution < 1.29 is 23.7 Å². The molecule has 21 heavy (non-hydrogen) atoms. The van der Waals surface area contributed by atoms with Crippen LogP contribution < -0.4 is 5.48 Å². The first-order valence-corrected chi connectivity index (χ1v) is 6.90. The zero-order chi connectivity index (χ0) is 15.7. The second kappa shape index (κ2) is 9.28. The number of rotatable bonds is 6. The molecule has 0 aromatic rings. The minimum absolute atomic E-state index is 0.219. The molecule has 1 heterocycles. The van der Waals surface area contributed by atoms with Crippen LogP contribution in [0.2, 0.25) is 0 Å². The van der Waals surface area contributed by atoms with Crippen molar-refractivity contribution in [2.75, 3.05) is 53.6 Å². The van der Waals surface area contributed by atoms with E-state index in [-0.39, 0.29) is 6.61 Å². The first-order valence-electron chi connectivity index (χ1n) is 6.90. The summed E-state index contributed by atoms with van der Waals surface area (Å²) in [6, 6.07) is 0.668. The van der Waals surface area contributed by atoms with E-state index >= 15 is 0 Å². The molecule has 0 radical (unpaired) electrons. The van der Waals surface area contributed by atoms with Crippen LogP contribution in [0.5, 0.6) is 0 Å². The van der Waals surface area contributed by atoms with Crippen molar-refractivity contribution in [3.63, 3.8) is 0 Å². The third-order valence-electron chi connectivity index (χ3n) is 2.76. The summed E-state index contributed by atoms with van der Waals surface area (Å²) in [6.45, 7) is 5.12. The van der Waals surface area contributed by atoms with Gasteiger partial charge >= 0.3 is 11.9 Å². The maximum absolute atomic E-state index is 11.5. The molecule has 1 fully saturated rings. The average molecular weight is 299 g/mol. The van der Waals surface area contributed by atoms with E-state index in [1.54, 1.807) is 6.92 Å². The molecule has 118 valence electrons. The van der Waals surface area contributed by atoms with Crippen molar-refractivity contribution in [3.8, 4) is 6.07 Å². The van der Waals surface area contributed by atoms with Gasteiger partial charge in [0.25, 0.3) is 0 Å². The van der Waals surface area contributed by atoms with Crippen LogP contribution in [0.1, 0.15) is 6.92 Å². The van der Waals surface area contributed by atoms with Gasteiger partial charge in [0.15, 0.2) is 13.1 Å². The van der Waals surface area contributed by atoms with Crippen LogP contribution in [0.15, 0.2) is 0 Å². The third kappa shape index (κ3) is 6.08. The van der Waals surface area contributed by atoms with Gasteiger partial charge in [0.1, 0.15) is 19.8 Å². The molecule has 1 aliphatic rings.